The molecule has 2 rings (SSSR count). The summed E-state index contributed by atoms with van der Waals surface area (Å²) in [7, 11) is 0. The van der Waals surface area contributed by atoms with Gasteiger partial charge in [-0.05, 0) is 18.9 Å². The quantitative estimate of drug-likeness (QED) is 0.503. The molecule has 2 aliphatic rings. The van der Waals surface area contributed by atoms with Crippen LogP contribution in [-0.4, -0.2) is 17.0 Å². The molecule has 1 unspecified atom stereocenters. The third kappa shape index (κ3) is 0.465. The smallest absolute Gasteiger partial charge is 0.164 e. The molecule has 1 saturated carbocycles. The summed E-state index contributed by atoms with van der Waals surface area (Å²) in [5, 5.41) is 9.18. The Kier molecular flexibility index (Phi) is 0.728. The van der Waals surface area contributed by atoms with Crippen molar-refractivity contribution in [3.63, 3.8) is 0 Å². The van der Waals surface area contributed by atoms with Crippen molar-refractivity contribution in [2.45, 2.75) is 18.9 Å². The first-order valence-corrected chi connectivity index (χ1v) is 3.16. The van der Waals surface area contributed by atoms with E-state index in [9.17, 15) is 9.90 Å². The summed E-state index contributed by atoms with van der Waals surface area (Å²) in [4.78, 5) is 10.9. The lowest BCUT2D eigenvalue weighted by Crippen LogP contribution is -2.20. The van der Waals surface area contributed by atoms with Crippen LogP contribution in [0.15, 0.2) is 12.2 Å². The van der Waals surface area contributed by atoms with Crippen LogP contribution in [-0.2, 0) is 4.79 Å². The molecule has 2 nitrogen and oxygen atoms in total. The molecule has 2 heteroatoms. The molecule has 0 aliphatic heterocycles. The highest BCUT2D eigenvalue weighted by Gasteiger charge is 2.55. The summed E-state index contributed by atoms with van der Waals surface area (Å²) in [6.07, 6.45) is 4.36. The first kappa shape index (κ1) is 5.18. The van der Waals surface area contributed by atoms with E-state index in [4.69, 9.17) is 0 Å². The molecule has 1 atom stereocenters. The number of aliphatic hydroxyl groups is 1. The third-order valence-corrected chi connectivity index (χ3v) is 2.28. The van der Waals surface area contributed by atoms with E-state index in [1.807, 2.05) is 0 Å². The maximum atomic E-state index is 10.9. The number of ketones is 1. The van der Waals surface area contributed by atoms with Crippen molar-refractivity contribution < 1.29 is 9.90 Å². The highest BCUT2D eigenvalue weighted by Crippen LogP contribution is 2.52. The molecule has 0 aromatic rings. The third-order valence-electron chi connectivity index (χ3n) is 2.28. The summed E-state index contributed by atoms with van der Waals surface area (Å²) < 4.78 is 0. The molecule has 0 heterocycles. The van der Waals surface area contributed by atoms with Gasteiger partial charge in [-0.3, -0.25) is 4.79 Å². The van der Waals surface area contributed by atoms with E-state index in [1.165, 1.54) is 6.08 Å². The number of carbonyl (C=O) groups is 1. The zero-order valence-electron chi connectivity index (χ0n) is 5.00. The predicted molar refractivity (Wildman–Crippen MR) is 31.8 cm³/mol. The Hall–Kier alpha value is -0.630. The molecule has 0 bridgehead atoms. The summed E-state index contributed by atoms with van der Waals surface area (Å²) in [5.74, 6) is 0.120. The molecule has 48 valence electrons. The van der Waals surface area contributed by atoms with Crippen LogP contribution in [0.25, 0.3) is 0 Å². The summed E-state index contributed by atoms with van der Waals surface area (Å²) >= 11 is 0. The maximum Gasteiger partial charge on any atom is 0.164 e. The molecule has 9 heavy (non-hydrogen) atoms. The van der Waals surface area contributed by atoms with Gasteiger partial charge in [-0.2, -0.15) is 0 Å². The van der Waals surface area contributed by atoms with Crippen molar-refractivity contribution in [3.05, 3.63) is 12.2 Å². The first-order chi connectivity index (χ1) is 4.26. The van der Waals surface area contributed by atoms with Gasteiger partial charge < -0.3 is 5.11 Å². The van der Waals surface area contributed by atoms with Crippen LogP contribution in [0.5, 0.6) is 0 Å². The molecule has 2 aliphatic carbocycles. The van der Waals surface area contributed by atoms with E-state index in [0.29, 0.717) is 0 Å². The molecule has 0 aromatic heterocycles. The largest absolute Gasteiger partial charge is 0.388 e. The van der Waals surface area contributed by atoms with Crippen molar-refractivity contribution in [3.8, 4) is 0 Å². The Balaban J connectivity index is 2.34. The highest BCUT2D eigenvalue weighted by molar-refractivity contribution is 6.00. The second-order valence-corrected chi connectivity index (χ2v) is 2.82. The van der Waals surface area contributed by atoms with Gasteiger partial charge in [-0.15, -0.1) is 0 Å². The van der Waals surface area contributed by atoms with Crippen molar-refractivity contribution >= 4 is 5.78 Å². The lowest BCUT2D eigenvalue weighted by atomic mass is 10.0. The van der Waals surface area contributed by atoms with Gasteiger partial charge in [0.1, 0.15) is 0 Å². The lowest BCUT2D eigenvalue weighted by Gasteiger charge is -2.07. The zero-order valence-corrected chi connectivity index (χ0v) is 5.00. The second-order valence-electron chi connectivity index (χ2n) is 2.82. The lowest BCUT2D eigenvalue weighted by molar-refractivity contribution is -0.120. The number of hydrogen-bond donors (Lipinski definition) is 1. The molecule has 1 spiro atoms. The van der Waals surface area contributed by atoms with Gasteiger partial charge >= 0.3 is 0 Å². The van der Waals surface area contributed by atoms with Gasteiger partial charge in [-0.25, -0.2) is 0 Å². The Bertz CT molecular complexity index is 189. The minimum atomic E-state index is -0.481. The Morgan fingerprint density at radius 3 is 2.56 bits per heavy atom. The summed E-state index contributed by atoms with van der Waals surface area (Å²) in [5.41, 5.74) is -0.333. The molecular weight excluding hydrogens is 116 g/mol. The van der Waals surface area contributed by atoms with Crippen molar-refractivity contribution in [1.82, 2.24) is 0 Å². The molecule has 0 radical (unpaired) electrons. The van der Waals surface area contributed by atoms with Crippen molar-refractivity contribution in [2.75, 3.05) is 0 Å². The van der Waals surface area contributed by atoms with Gasteiger partial charge in [-0.1, -0.05) is 6.08 Å². The summed E-state index contributed by atoms with van der Waals surface area (Å²) in [6, 6.07) is 0. The fourth-order valence-electron chi connectivity index (χ4n) is 1.35. The molecule has 1 N–H and O–H groups in total. The predicted octanol–water partition coefficient (Wildman–Crippen LogP) is 0.266. The fourth-order valence-corrected chi connectivity index (χ4v) is 1.35. The number of carbonyl (C=O) groups excluding carboxylic acids is 1. The average Bonchev–Trinajstić information content (AvgIpc) is 2.56. The van der Waals surface area contributed by atoms with Crippen molar-refractivity contribution in [2.24, 2.45) is 5.41 Å². The van der Waals surface area contributed by atoms with E-state index in [0.717, 1.165) is 12.8 Å². The van der Waals surface area contributed by atoms with E-state index >= 15 is 0 Å². The summed E-state index contributed by atoms with van der Waals surface area (Å²) in [6.45, 7) is 0. The van der Waals surface area contributed by atoms with Gasteiger partial charge in [0.15, 0.2) is 5.78 Å². The molecule has 1 fully saturated rings. The van der Waals surface area contributed by atoms with Gasteiger partial charge in [0.25, 0.3) is 0 Å². The van der Waals surface area contributed by atoms with Crippen LogP contribution in [0.2, 0.25) is 0 Å². The second kappa shape index (κ2) is 1.27. The van der Waals surface area contributed by atoms with Crippen LogP contribution in [0.1, 0.15) is 12.8 Å². The number of hydrogen-bond acceptors (Lipinski definition) is 2. The Morgan fingerprint density at radius 2 is 2.33 bits per heavy atom. The van der Waals surface area contributed by atoms with Crippen LogP contribution in [0, 0.1) is 5.41 Å². The molecular formula is C7H8O2. The minimum Gasteiger partial charge on any atom is -0.388 e. The highest BCUT2D eigenvalue weighted by atomic mass is 16.3. The van der Waals surface area contributed by atoms with Crippen LogP contribution >= 0.6 is 0 Å². The minimum absolute atomic E-state index is 0.120. The normalized spacial score (nSPS) is 36.1. The van der Waals surface area contributed by atoms with Crippen LogP contribution in [0.4, 0.5) is 0 Å². The van der Waals surface area contributed by atoms with Crippen LogP contribution < -0.4 is 0 Å². The standard InChI is InChI=1S/C7H8O2/c8-5-1-2-6(9)7(5)3-4-7/h1-2,5,8H,3-4H2. The van der Waals surface area contributed by atoms with E-state index in [1.54, 1.807) is 6.08 Å². The number of allylic oxidation sites excluding steroid dienone is 1. The number of rotatable bonds is 0. The van der Waals surface area contributed by atoms with Crippen LogP contribution in [0.3, 0.4) is 0 Å². The van der Waals surface area contributed by atoms with E-state index in [-0.39, 0.29) is 11.2 Å². The van der Waals surface area contributed by atoms with Gasteiger partial charge in [0, 0.05) is 0 Å². The topological polar surface area (TPSA) is 37.3 Å². The molecule has 0 saturated heterocycles. The molecule has 0 amide bonds. The van der Waals surface area contributed by atoms with E-state index < -0.39 is 6.10 Å². The Morgan fingerprint density at radius 1 is 1.67 bits per heavy atom. The van der Waals surface area contributed by atoms with Gasteiger partial charge in [0.2, 0.25) is 0 Å². The van der Waals surface area contributed by atoms with Gasteiger partial charge in [0.05, 0.1) is 11.5 Å². The first-order valence-electron chi connectivity index (χ1n) is 3.16. The maximum absolute atomic E-state index is 10.9. The van der Waals surface area contributed by atoms with E-state index in [2.05, 4.69) is 0 Å². The molecule has 0 aromatic carbocycles. The fraction of sp³-hybridized carbons (Fsp3) is 0.571. The monoisotopic (exact) mass is 124 g/mol. The SMILES string of the molecule is O=C1C=CC(O)C12CC2. The number of aliphatic hydroxyl groups excluding tert-OH is 1. The average molecular weight is 124 g/mol. The van der Waals surface area contributed by atoms with Crippen molar-refractivity contribution in [1.29, 1.82) is 0 Å². The Labute approximate surface area is 53.2 Å². The zero-order chi connectivity index (χ0) is 6.48.